The van der Waals surface area contributed by atoms with Crippen LogP contribution in [-0.2, 0) is 4.79 Å². The van der Waals surface area contributed by atoms with E-state index in [9.17, 15) is 9.59 Å². The standard InChI is InChI=1S/C19H28ClN3O2/c1-3-14(2)21-18(24)11-6-15-5-4-12-23(13-15)19(25)22-17-9-7-16(20)8-10-17/h7-10,14-15H,3-6,11-13H2,1-2H3,(H,21,24)(H,22,25)/t14-,15+/m1/s1. The summed E-state index contributed by atoms with van der Waals surface area (Å²) >= 11 is 5.86. The fraction of sp³-hybridized carbons (Fsp3) is 0.579. The summed E-state index contributed by atoms with van der Waals surface area (Å²) in [6.07, 6.45) is 4.34. The van der Waals surface area contributed by atoms with Gasteiger partial charge in [0.25, 0.3) is 0 Å². The Labute approximate surface area is 155 Å². The van der Waals surface area contributed by atoms with Gasteiger partial charge in [0.2, 0.25) is 5.91 Å². The predicted octanol–water partition coefficient (Wildman–Crippen LogP) is 4.28. The van der Waals surface area contributed by atoms with Crippen LogP contribution in [0.15, 0.2) is 24.3 Å². The zero-order valence-corrected chi connectivity index (χ0v) is 15.8. The SMILES string of the molecule is CC[C@@H](C)NC(=O)CC[C@@H]1CCCN(C(=O)Nc2ccc(Cl)cc2)C1. The minimum Gasteiger partial charge on any atom is -0.354 e. The number of anilines is 1. The third-order valence-electron chi connectivity index (χ3n) is 4.70. The summed E-state index contributed by atoms with van der Waals surface area (Å²) in [6.45, 7) is 5.54. The largest absolute Gasteiger partial charge is 0.354 e. The quantitative estimate of drug-likeness (QED) is 0.790. The number of likely N-dealkylation sites (tertiary alicyclic amines) is 1. The third-order valence-corrected chi connectivity index (χ3v) is 4.95. The highest BCUT2D eigenvalue weighted by Gasteiger charge is 2.24. The molecule has 1 aromatic carbocycles. The molecule has 0 spiro atoms. The molecule has 1 heterocycles. The van der Waals surface area contributed by atoms with E-state index in [1.165, 1.54) is 0 Å². The molecule has 1 aliphatic heterocycles. The smallest absolute Gasteiger partial charge is 0.321 e. The van der Waals surface area contributed by atoms with Crippen LogP contribution in [0.5, 0.6) is 0 Å². The lowest BCUT2D eigenvalue weighted by Gasteiger charge is -2.32. The number of nitrogens with one attached hydrogen (secondary N) is 2. The van der Waals surface area contributed by atoms with Crippen LogP contribution in [0.25, 0.3) is 0 Å². The van der Waals surface area contributed by atoms with Crippen molar-refractivity contribution in [3.05, 3.63) is 29.3 Å². The predicted molar refractivity (Wildman–Crippen MR) is 102 cm³/mol. The molecule has 0 bridgehead atoms. The van der Waals surface area contributed by atoms with Crippen molar-refractivity contribution < 1.29 is 9.59 Å². The summed E-state index contributed by atoms with van der Waals surface area (Å²) in [6, 6.07) is 7.23. The number of hydrogen-bond donors (Lipinski definition) is 2. The van der Waals surface area contributed by atoms with Crippen LogP contribution < -0.4 is 10.6 Å². The maximum absolute atomic E-state index is 12.4. The summed E-state index contributed by atoms with van der Waals surface area (Å²) in [7, 11) is 0. The first-order chi connectivity index (χ1) is 12.0. The Morgan fingerprint density at radius 1 is 1.32 bits per heavy atom. The van der Waals surface area contributed by atoms with E-state index in [4.69, 9.17) is 11.6 Å². The van der Waals surface area contributed by atoms with E-state index in [1.807, 2.05) is 11.8 Å². The molecule has 138 valence electrons. The number of piperidine rings is 1. The first-order valence-corrected chi connectivity index (χ1v) is 9.46. The van der Waals surface area contributed by atoms with Gasteiger partial charge < -0.3 is 15.5 Å². The Kier molecular flexibility index (Phi) is 7.56. The Morgan fingerprint density at radius 2 is 2.04 bits per heavy atom. The minimum atomic E-state index is -0.0870. The molecular weight excluding hydrogens is 338 g/mol. The fourth-order valence-corrected chi connectivity index (χ4v) is 3.13. The van der Waals surface area contributed by atoms with Crippen molar-refractivity contribution in [2.24, 2.45) is 5.92 Å². The number of nitrogens with zero attached hydrogens (tertiary/aromatic N) is 1. The zero-order valence-electron chi connectivity index (χ0n) is 15.1. The first kappa shape index (κ1) is 19.6. The second-order valence-corrected chi connectivity index (χ2v) is 7.24. The highest BCUT2D eigenvalue weighted by Crippen LogP contribution is 2.22. The van der Waals surface area contributed by atoms with Gasteiger partial charge in [-0.25, -0.2) is 4.79 Å². The van der Waals surface area contributed by atoms with Crippen LogP contribution in [-0.4, -0.2) is 36.0 Å². The van der Waals surface area contributed by atoms with Crippen molar-refractivity contribution in [3.8, 4) is 0 Å². The van der Waals surface area contributed by atoms with Gasteiger partial charge in [0.1, 0.15) is 0 Å². The van der Waals surface area contributed by atoms with Gasteiger partial charge in [0.15, 0.2) is 0 Å². The maximum atomic E-state index is 12.4. The van der Waals surface area contributed by atoms with E-state index in [1.54, 1.807) is 24.3 Å². The topological polar surface area (TPSA) is 61.4 Å². The maximum Gasteiger partial charge on any atom is 0.321 e. The number of hydrogen-bond acceptors (Lipinski definition) is 2. The van der Waals surface area contributed by atoms with Crippen LogP contribution in [0.3, 0.4) is 0 Å². The number of halogens is 1. The van der Waals surface area contributed by atoms with Crippen molar-refractivity contribution in [2.45, 2.75) is 52.0 Å². The molecule has 5 nitrogen and oxygen atoms in total. The summed E-state index contributed by atoms with van der Waals surface area (Å²) in [5.41, 5.74) is 0.740. The lowest BCUT2D eigenvalue weighted by Crippen LogP contribution is -2.42. The van der Waals surface area contributed by atoms with E-state index in [0.717, 1.165) is 37.9 Å². The summed E-state index contributed by atoms with van der Waals surface area (Å²) in [4.78, 5) is 26.2. The second-order valence-electron chi connectivity index (χ2n) is 6.81. The van der Waals surface area contributed by atoms with Gasteiger partial charge in [-0.05, 0) is 62.8 Å². The number of rotatable bonds is 6. The van der Waals surface area contributed by atoms with Gasteiger partial charge in [-0.15, -0.1) is 0 Å². The van der Waals surface area contributed by atoms with Crippen molar-refractivity contribution in [3.63, 3.8) is 0 Å². The van der Waals surface area contributed by atoms with Crippen LogP contribution in [0.4, 0.5) is 10.5 Å². The molecule has 0 radical (unpaired) electrons. The molecule has 0 aliphatic carbocycles. The molecule has 6 heteroatoms. The number of carbonyl (C=O) groups is 2. The number of benzene rings is 1. The molecule has 1 saturated heterocycles. The van der Waals surface area contributed by atoms with E-state index >= 15 is 0 Å². The minimum absolute atomic E-state index is 0.0870. The van der Waals surface area contributed by atoms with Gasteiger partial charge in [-0.2, -0.15) is 0 Å². The van der Waals surface area contributed by atoms with Crippen LogP contribution in [0.2, 0.25) is 5.02 Å². The molecule has 1 aliphatic rings. The molecule has 25 heavy (non-hydrogen) atoms. The molecular formula is C19H28ClN3O2. The van der Waals surface area contributed by atoms with Gasteiger partial charge in [-0.3, -0.25) is 4.79 Å². The average molecular weight is 366 g/mol. The molecule has 2 atom stereocenters. The Morgan fingerprint density at radius 3 is 2.72 bits per heavy atom. The summed E-state index contributed by atoms with van der Waals surface area (Å²) < 4.78 is 0. The lowest BCUT2D eigenvalue weighted by atomic mass is 9.93. The molecule has 1 fully saturated rings. The Hall–Kier alpha value is -1.75. The van der Waals surface area contributed by atoms with E-state index < -0.39 is 0 Å². The molecule has 2 rings (SSSR count). The molecule has 2 N–H and O–H groups in total. The average Bonchev–Trinajstić information content (AvgIpc) is 2.62. The van der Waals surface area contributed by atoms with E-state index in [0.29, 0.717) is 23.9 Å². The highest BCUT2D eigenvalue weighted by atomic mass is 35.5. The monoisotopic (exact) mass is 365 g/mol. The van der Waals surface area contributed by atoms with Crippen molar-refractivity contribution in [2.75, 3.05) is 18.4 Å². The lowest BCUT2D eigenvalue weighted by molar-refractivity contribution is -0.122. The van der Waals surface area contributed by atoms with Crippen LogP contribution in [0, 0.1) is 5.92 Å². The van der Waals surface area contributed by atoms with Gasteiger partial charge in [0.05, 0.1) is 0 Å². The van der Waals surface area contributed by atoms with Crippen molar-refractivity contribution in [1.29, 1.82) is 0 Å². The molecule has 0 aromatic heterocycles. The molecule has 0 unspecified atom stereocenters. The Bertz CT molecular complexity index is 577. The van der Waals surface area contributed by atoms with Gasteiger partial charge in [-0.1, -0.05) is 18.5 Å². The van der Waals surface area contributed by atoms with Crippen molar-refractivity contribution >= 4 is 29.2 Å². The van der Waals surface area contributed by atoms with Crippen molar-refractivity contribution in [1.82, 2.24) is 10.2 Å². The van der Waals surface area contributed by atoms with Gasteiger partial charge in [0, 0.05) is 36.3 Å². The third kappa shape index (κ3) is 6.58. The van der Waals surface area contributed by atoms with E-state index in [2.05, 4.69) is 17.6 Å². The first-order valence-electron chi connectivity index (χ1n) is 9.08. The summed E-state index contributed by atoms with van der Waals surface area (Å²) in [5.74, 6) is 0.490. The van der Waals surface area contributed by atoms with Crippen LogP contribution >= 0.6 is 11.6 Å². The Balaban J connectivity index is 1.78. The number of amides is 3. The molecule has 3 amide bonds. The van der Waals surface area contributed by atoms with Gasteiger partial charge >= 0.3 is 6.03 Å². The van der Waals surface area contributed by atoms with Crippen LogP contribution in [0.1, 0.15) is 46.0 Å². The second kappa shape index (κ2) is 9.66. The number of carbonyl (C=O) groups excluding carboxylic acids is 2. The normalized spacial score (nSPS) is 18.5. The molecule has 1 aromatic rings. The molecule has 0 saturated carbocycles. The number of urea groups is 1. The fourth-order valence-electron chi connectivity index (χ4n) is 3.01. The summed E-state index contributed by atoms with van der Waals surface area (Å²) in [5, 5.41) is 6.55. The zero-order chi connectivity index (χ0) is 18.2. The van der Waals surface area contributed by atoms with E-state index in [-0.39, 0.29) is 18.0 Å². The highest BCUT2D eigenvalue weighted by molar-refractivity contribution is 6.30.